The number of benzene rings is 1. The maximum Gasteiger partial charge on any atom is 0.126 e. The molecule has 0 radical (unpaired) electrons. The molecule has 0 aliphatic carbocycles. The van der Waals surface area contributed by atoms with E-state index in [9.17, 15) is 9.50 Å². The molecule has 0 aliphatic rings. The Labute approximate surface area is 124 Å². The molecule has 2 atom stereocenters. The fraction of sp³-hybridized carbons (Fsp3) is 0.294. The van der Waals surface area contributed by atoms with Crippen LogP contribution in [0, 0.1) is 5.82 Å². The number of furan rings is 1. The Balaban J connectivity index is 1.73. The van der Waals surface area contributed by atoms with Gasteiger partial charge in [0, 0.05) is 12.6 Å². The van der Waals surface area contributed by atoms with Crippen LogP contribution < -0.4 is 5.32 Å². The summed E-state index contributed by atoms with van der Waals surface area (Å²) in [6.45, 7) is 2.70. The van der Waals surface area contributed by atoms with Gasteiger partial charge in [-0.3, -0.25) is 0 Å². The lowest BCUT2D eigenvalue weighted by Crippen LogP contribution is -2.27. The topological polar surface area (TPSA) is 45.4 Å². The Bertz CT molecular complexity index is 549. The van der Waals surface area contributed by atoms with Crippen molar-refractivity contribution in [3.05, 3.63) is 65.9 Å². The molecule has 0 amide bonds. The van der Waals surface area contributed by atoms with E-state index >= 15 is 0 Å². The third kappa shape index (κ3) is 5.17. The average molecular weight is 289 g/mol. The van der Waals surface area contributed by atoms with E-state index in [4.69, 9.17) is 4.42 Å². The van der Waals surface area contributed by atoms with Crippen molar-refractivity contribution in [1.82, 2.24) is 5.32 Å². The van der Waals surface area contributed by atoms with Gasteiger partial charge in [0.2, 0.25) is 0 Å². The molecule has 0 spiro atoms. The number of aliphatic hydroxyl groups excluding tert-OH is 1. The zero-order chi connectivity index (χ0) is 15.1. The van der Waals surface area contributed by atoms with Crippen LogP contribution in [0.25, 0.3) is 6.08 Å². The molecule has 1 heterocycles. The molecular weight excluding hydrogens is 269 g/mol. The first kappa shape index (κ1) is 15.5. The lowest BCUT2D eigenvalue weighted by atomic mass is 10.0. The van der Waals surface area contributed by atoms with Gasteiger partial charge in [0.15, 0.2) is 0 Å². The monoisotopic (exact) mass is 289 g/mol. The highest BCUT2D eigenvalue weighted by Crippen LogP contribution is 2.18. The Morgan fingerprint density at radius 3 is 2.71 bits per heavy atom. The molecule has 2 N–H and O–H groups in total. The minimum Gasteiger partial charge on any atom is -0.465 e. The van der Waals surface area contributed by atoms with Crippen LogP contribution in [-0.2, 0) is 0 Å². The number of halogens is 1. The predicted octanol–water partition coefficient (Wildman–Crippen LogP) is 3.53. The Hall–Kier alpha value is -1.91. The summed E-state index contributed by atoms with van der Waals surface area (Å²) >= 11 is 0. The molecule has 1 aromatic heterocycles. The average Bonchev–Trinajstić information content (AvgIpc) is 2.97. The molecule has 0 saturated heterocycles. The summed E-state index contributed by atoms with van der Waals surface area (Å²) in [6, 6.07) is 9.83. The molecular formula is C17H20FNO2. The molecule has 0 saturated carbocycles. The van der Waals surface area contributed by atoms with E-state index in [1.807, 2.05) is 31.2 Å². The first-order valence-corrected chi connectivity index (χ1v) is 7.02. The fourth-order valence-electron chi connectivity index (χ4n) is 2.07. The number of nitrogens with one attached hydrogen (secondary N) is 1. The van der Waals surface area contributed by atoms with Crippen LogP contribution in [0.2, 0.25) is 0 Å². The normalized spacial score (nSPS) is 14.4. The highest BCUT2D eigenvalue weighted by Gasteiger charge is 2.11. The fourth-order valence-corrected chi connectivity index (χ4v) is 2.07. The molecule has 0 bridgehead atoms. The number of aliphatic hydroxyl groups is 1. The molecule has 0 aliphatic heterocycles. The van der Waals surface area contributed by atoms with Crippen molar-refractivity contribution < 1.29 is 13.9 Å². The van der Waals surface area contributed by atoms with Gasteiger partial charge in [0.05, 0.1) is 12.4 Å². The van der Waals surface area contributed by atoms with Crippen LogP contribution >= 0.6 is 0 Å². The summed E-state index contributed by atoms with van der Waals surface area (Å²) in [5.74, 6) is 0.524. The number of hydrogen-bond acceptors (Lipinski definition) is 3. The third-order valence-electron chi connectivity index (χ3n) is 3.24. The minimum atomic E-state index is -0.595. The number of hydrogen-bond donors (Lipinski definition) is 2. The van der Waals surface area contributed by atoms with Gasteiger partial charge in [-0.05, 0) is 49.2 Å². The SMILES string of the molecule is CC(CC(O)c1ccc(F)cc1)NC/C=C/c1ccco1. The summed E-state index contributed by atoms with van der Waals surface area (Å²) in [5, 5.41) is 13.4. The first-order chi connectivity index (χ1) is 10.1. The van der Waals surface area contributed by atoms with E-state index in [-0.39, 0.29) is 11.9 Å². The summed E-state index contributed by atoms with van der Waals surface area (Å²) < 4.78 is 18.0. The second kappa shape index (κ2) is 7.76. The van der Waals surface area contributed by atoms with Crippen LogP contribution in [0.5, 0.6) is 0 Å². The molecule has 21 heavy (non-hydrogen) atoms. The van der Waals surface area contributed by atoms with Crippen molar-refractivity contribution in [2.45, 2.75) is 25.5 Å². The lowest BCUT2D eigenvalue weighted by molar-refractivity contribution is 0.155. The second-order valence-corrected chi connectivity index (χ2v) is 5.03. The van der Waals surface area contributed by atoms with Crippen LogP contribution in [-0.4, -0.2) is 17.7 Å². The van der Waals surface area contributed by atoms with E-state index in [1.54, 1.807) is 18.4 Å². The van der Waals surface area contributed by atoms with Crippen molar-refractivity contribution in [2.75, 3.05) is 6.54 Å². The quantitative estimate of drug-likeness (QED) is 0.819. The predicted molar refractivity (Wildman–Crippen MR) is 81.2 cm³/mol. The second-order valence-electron chi connectivity index (χ2n) is 5.03. The van der Waals surface area contributed by atoms with Crippen LogP contribution in [0.1, 0.15) is 30.8 Å². The summed E-state index contributed by atoms with van der Waals surface area (Å²) in [4.78, 5) is 0. The van der Waals surface area contributed by atoms with Gasteiger partial charge in [-0.2, -0.15) is 0 Å². The Morgan fingerprint density at radius 1 is 1.29 bits per heavy atom. The maximum absolute atomic E-state index is 12.8. The van der Waals surface area contributed by atoms with Crippen molar-refractivity contribution in [3.63, 3.8) is 0 Å². The van der Waals surface area contributed by atoms with Crippen molar-refractivity contribution in [1.29, 1.82) is 0 Å². The molecule has 1 aromatic carbocycles. The van der Waals surface area contributed by atoms with Gasteiger partial charge in [-0.1, -0.05) is 18.2 Å². The van der Waals surface area contributed by atoms with Crippen LogP contribution in [0.4, 0.5) is 4.39 Å². The van der Waals surface area contributed by atoms with E-state index in [0.29, 0.717) is 13.0 Å². The van der Waals surface area contributed by atoms with Gasteiger partial charge >= 0.3 is 0 Å². The third-order valence-corrected chi connectivity index (χ3v) is 3.24. The van der Waals surface area contributed by atoms with Gasteiger partial charge < -0.3 is 14.8 Å². The van der Waals surface area contributed by atoms with Crippen LogP contribution in [0.3, 0.4) is 0 Å². The zero-order valence-electron chi connectivity index (χ0n) is 12.0. The molecule has 0 fully saturated rings. The maximum atomic E-state index is 12.8. The van der Waals surface area contributed by atoms with Gasteiger partial charge in [0.25, 0.3) is 0 Å². The van der Waals surface area contributed by atoms with Crippen molar-refractivity contribution in [2.24, 2.45) is 0 Å². The number of rotatable bonds is 7. The Morgan fingerprint density at radius 2 is 2.05 bits per heavy atom. The summed E-state index contributed by atoms with van der Waals surface area (Å²) in [5.41, 5.74) is 0.733. The van der Waals surface area contributed by atoms with Gasteiger partial charge in [0.1, 0.15) is 11.6 Å². The highest BCUT2D eigenvalue weighted by molar-refractivity contribution is 5.42. The van der Waals surface area contributed by atoms with Gasteiger partial charge in [-0.15, -0.1) is 0 Å². The van der Waals surface area contributed by atoms with Crippen molar-refractivity contribution in [3.8, 4) is 0 Å². The molecule has 2 aromatic rings. The minimum absolute atomic E-state index is 0.145. The lowest BCUT2D eigenvalue weighted by Gasteiger charge is -2.17. The largest absolute Gasteiger partial charge is 0.465 e. The van der Waals surface area contributed by atoms with E-state index in [0.717, 1.165) is 11.3 Å². The van der Waals surface area contributed by atoms with E-state index in [1.165, 1.54) is 12.1 Å². The Kier molecular flexibility index (Phi) is 5.72. The highest BCUT2D eigenvalue weighted by atomic mass is 19.1. The van der Waals surface area contributed by atoms with E-state index in [2.05, 4.69) is 5.32 Å². The zero-order valence-corrected chi connectivity index (χ0v) is 12.0. The first-order valence-electron chi connectivity index (χ1n) is 7.02. The molecule has 2 unspecified atom stereocenters. The standard InChI is InChI=1S/C17H20FNO2/c1-13(19-10-2-4-16-5-3-11-21-16)12-17(20)14-6-8-15(18)9-7-14/h2-9,11,13,17,19-20H,10,12H2,1H3/b4-2+. The summed E-state index contributed by atoms with van der Waals surface area (Å²) in [7, 11) is 0. The molecule has 4 heteroatoms. The molecule has 2 rings (SSSR count). The molecule has 3 nitrogen and oxygen atoms in total. The van der Waals surface area contributed by atoms with Gasteiger partial charge in [-0.25, -0.2) is 4.39 Å². The van der Waals surface area contributed by atoms with E-state index < -0.39 is 6.10 Å². The van der Waals surface area contributed by atoms with Crippen molar-refractivity contribution >= 4 is 6.08 Å². The molecule has 112 valence electrons. The smallest absolute Gasteiger partial charge is 0.126 e. The summed E-state index contributed by atoms with van der Waals surface area (Å²) in [6.07, 6.45) is 5.48. The van der Waals surface area contributed by atoms with Crippen LogP contribution in [0.15, 0.2) is 53.2 Å².